The van der Waals surface area contributed by atoms with Crippen LogP contribution in [0.3, 0.4) is 0 Å². The van der Waals surface area contributed by atoms with Crippen molar-refractivity contribution in [1.82, 2.24) is 29.1 Å². The number of anilines is 2. The van der Waals surface area contributed by atoms with Crippen LogP contribution in [0.5, 0.6) is 5.75 Å². The SMILES string of the molecule is CCOC(=O)c1c(CCCCCn2nc(C)cc2C(=O)Nc2nc3c(N(C)Cc4ccc(OC)cc4)cccc3n2CCCCN)c(C)nn1CC.Cl.Cl. The molecule has 5 aromatic rings. The number of rotatable bonds is 19. The third kappa shape index (κ3) is 10.3. The summed E-state index contributed by atoms with van der Waals surface area (Å²) in [7, 11) is 3.71. The number of aryl methyl sites for hydroxylation is 5. The summed E-state index contributed by atoms with van der Waals surface area (Å²) >= 11 is 0. The molecule has 0 unspecified atom stereocenters. The van der Waals surface area contributed by atoms with Crippen LogP contribution in [0.2, 0.25) is 0 Å². The Balaban J connectivity index is 0.00000392. The number of benzene rings is 2. The molecule has 15 heteroatoms. The molecule has 0 aliphatic rings. The van der Waals surface area contributed by atoms with Gasteiger partial charge in [0.1, 0.15) is 22.7 Å². The molecule has 0 radical (unpaired) electrons. The molecule has 0 aliphatic carbocycles. The lowest BCUT2D eigenvalue weighted by Crippen LogP contribution is -2.20. The lowest BCUT2D eigenvalue weighted by molar-refractivity contribution is 0.0510. The van der Waals surface area contributed by atoms with Crippen molar-refractivity contribution in [3.05, 3.63) is 82.4 Å². The number of imidazole rings is 1. The monoisotopic (exact) mass is 783 g/mol. The Kier molecular flexibility index (Phi) is 16.8. The van der Waals surface area contributed by atoms with Crippen molar-refractivity contribution in [2.24, 2.45) is 5.73 Å². The molecule has 5 rings (SSSR count). The van der Waals surface area contributed by atoms with Gasteiger partial charge in [-0.25, -0.2) is 9.78 Å². The molecule has 294 valence electrons. The summed E-state index contributed by atoms with van der Waals surface area (Å²) in [5.74, 6) is 0.727. The average molecular weight is 785 g/mol. The van der Waals surface area contributed by atoms with Gasteiger partial charge in [-0.2, -0.15) is 10.2 Å². The van der Waals surface area contributed by atoms with E-state index >= 15 is 0 Å². The first kappa shape index (κ1) is 43.8. The Hall–Kier alpha value is -4.59. The van der Waals surface area contributed by atoms with E-state index in [1.165, 1.54) is 0 Å². The second-order valence-electron chi connectivity index (χ2n) is 13.0. The Morgan fingerprint density at radius 1 is 0.926 bits per heavy atom. The van der Waals surface area contributed by atoms with Crippen molar-refractivity contribution in [3.63, 3.8) is 0 Å². The number of carbonyl (C=O) groups excluding carboxylic acids is 2. The first-order chi connectivity index (χ1) is 25.2. The molecule has 0 spiro atoms. The van der Waals surface area contributed by atoms with Gasteiger partial charge in [-0.1, -0.05) is 24.6 Å². The fourth-order valence-electron chi connectivity index (χ4n) is 6.65. The summed E-state index contributed by atoms with van der Waals surface area (Å²) in [5.41, 5.74) is 13.3. The molecule has 13 nitrogen and oxygen atoms in total. The Bertz CT molecular complexity index is 1970. The number of aromatic nitrogens is 6. The van der Waals surface area contributed by atoms with E-state index in [0.29, 0.717) is 56.7 Å². The highest BCUT2D eigenvalue weighted by Gasteiger charge is 2.23. The summed E-state index contributed by atoms with van der Waals surface area (Å²) in [4.78, 5) is 33.8. The minimum Gasteiger partial charge on any atom is -0.497 e. The molecular formula is C39H55Cl2N9O4. The zero-order valence-corrected chi connectivity index (χ0v) is 33.9. The van der Waals surface area contributed by atoms with Crippen LogP contribution in [0.25, 0.3) is 11.0 Å². The number of esters is 1. The van der Waals surface area contributed by atoms with Crippen molar-refractivity contribution in [2.75, 3.05) is 37.5 Å². The molecule has 1 amide bonds. The number of fused-ring (bicyclic) bond motifs is 1. The highest BCUT2D eigenvalue weighted by molar-refractivity contribution is 6.03. The van der Waals surface area contributed by atoms with Gasteiger partial charge >= 0.3 is 5.97 Å². The van der Waals surface area contributed by atoms with Crippen molar-refractivity contribution in [3.8, 4) is 5.75 Å². The third-order valence-corrected chi connectivity index (χ3v) is 9.26. The maximum Gasteiger partial charge on any atom is 0.356 e. The zero-order chi connectivity index (χ0) is 37.2. The summed E-state index contributed by atoms with van der Waals surface area (Å²) in [5, 5.41) is 12.3. The van der Waals surface area contributed by atoms with Gasteiger partial charge in [0.15, 0.2) is 0 Å². The van der Waals surface area contributed by atoms with E-state index in [1.807, 2.05) is 65.1 Å². The van der Waals surface area contributed by atoms with Crippen LogP contribution in [-0.2, 0) is 37.3 Å². The molecule has 3 heterocycles. The molecule has 0 aliphatic heterocycles. The van der Waals surface area contributed by atoms with Gasteiger partial charge in [0.2, 0.25) is 5.95 Å². The molecule has 3 N–H and O–H groups in total. The fourth-order valence-corrected chi connectivity index (χ4v) is 6.65. The topological polar surface area (TPSA) is 147 Å². The van der Waals surface area contributed by atoms with Crippen LogP contribution in [0, 0.1) is 13.8 Å². The molecule has 0 saturated carbocycles. The first-order valence-electron chi connectivity index (χ1n) is 18.3. The van der Waals surface area contributed by atoms with E-state index in [4.69, 9.17) is 20.2 Å². The Labute approximate surface area is 330 Å². The van der Waals surface area contributed by atoms with Crippen LogP contribution >= 0.6 is 24.8 Å². The number of methoxy groups -OCH3 is 1. The molecule has 0 fully saturated rings. The maximum absolute atomic E-state index is 13.9. The number of nitrogens with two attached hydrogens (primary N) is 1. The molecule has 54 heavy (non-hydrogen) atoms. The van der Waals surface area contributed by atoms with Gasteiger partial charge in [-0.15, -0.1) is 24.8 Å². The number of carbonyl (C=O) groups is 2. The van der Waals surface area contributed by atoms with Crippen LogP contribution in [-0.4, -0.2) is 68.3 Å². The van der Waals surface area contributed by atoms with Crippen LogP contribution in [0.4, 0.5) is 11.6 Å². The lowest BCUT2D eigenvalue weighted by Gasteiger charge is -2.20. The number of nitrogens with one attached hydrogen (secondary N) is 1. The standard InChI is InChI=1S/C39H53N9O4.2ClH/c1-7-47-36(38(50)52-8-2)31(28(4)44-47)15-10-9-12-24-48-34(25-27(3)43-48)37(49)42-39-41-35-32(16-14-17-33(35)46(39)23-13-11-22-40)45(5)26-29-18-20-30(51-6)21-19-29;;/h14,16-21,25H,7-13,15,22-24,26,40H2,1-6H3,(H,41,42,49);2*1H. The number of nitrogens with zero attached hydrogens (tertiary/aromatic N) is 7. The van der Waals surface area contributed by atoms with Gasteiger partial charge in [0, 0.05) is 38.8 Å². The number of amides is 1. The number of halogens is 2. The Morgan fingerprint density at radius 3 is 2.35 bits per heavy atom. The van der Waals surface area contributed by atoms with E-state index in [1.54, 1.807) is 16.5 Å². The number of ether oxygens (including phenoxy) is 2. The summed E-state index contributed by atoms with van der Waals surface area (Å²) in [6.07, 6.45) is 5.02. The second kappa shape index (κ2) is 20.8. The minimum absolute atomic E-state index is 0. The number of hydrogen-bond acceptors (Lipinski definition) is 9. The first-order valence-corrected chi connectivity index (χ1v) is 18.3. The quantitative estimate of drug-likeness (QED) is 0.0659. The third-order valence-electron chi connectivity index (χ3n) is 9.26. The molecule has 0 saturated heterocycles. The maximum atomic E-state index is 13.9. The predicted octanol–water partition coefficient (Wildman–Crippen LogP) is 7.14. The summed E-state index contributed by atoms with van der Waals surface area (Å²) in [6, 6.07) is 16.0. The fraction of sp³-hybridized carbons (Fsp3) is 0.462. The van der Waals surface area contributed by atoms with Gasteiger partial charge in [-0.3, -0.25) is 19.5 Å². The lowest BCUT2D eigenvalue weighted by atomic mass is 10.0. The summed E-state index contributed by atoms with van der Waals surface area (Å²) < 4.78 is 16.2. The molecule has 2 aromatic carbocycles. The second-order valence-corrected chi connectivity index (χ2v) is 13.0. The molecule has 0 atom stereocenters. The number of unbranched alkanes of at least 4 members (excludes halogenated alkanes) is 3. The average Bonchev–Trinajstić information content (AvgIpc) is 3.80. The number of para-hydroxylation sites is 1. The minimum atomic E-state index is -0.327. The predicted molar refractivity (Wildman–Crippen MR) is 219 cm³/mol. The van der Waals surface area contributed by atoms with E-state index < -0.39 is 0 Å². The summed E-state index contributed by atoms with van der Waals surface area (Å²) in [6.45, 7) is 11.1. The van der Waals surface area contributed by atoms with E-state index in [9.17, 15) is 9.59 Å². The Morgan fingerprint density at radius 2 is 1.67 bits per heavy atom. The highest BCUT2D eigenvalue weighted by Crippen LogP contribution is 2.30. The van der Waals surface area contributed by atoms with Crippen molar-refractivity contribution in [2.45, 2.75) is 92.4 Å². The van der Waals surface area contributed by atoms with Gasteiger partial charge < -0.3 is 24.7 Å². The van der Waals surface area contributed by atoms with Crippen molar-refractivity contribution < 1.29 is 19.1 Å². The van der Waals surface area contributed by atoms with E-state index in [-0.39, 0.29) is 36.7 Å². The largest absolute Gasteiger partial charge is 0.497 e. The zero-order valence-electron chi connectivity index (χ0n) is 32.3. The van der Waals surface area contributed by atoms with Crippen LogP contribution < -0.4 is 20.7 Å². The molecule has 0 bridgehead atoms. The molecule has 3 aromatic heterocycles. The highest BCUT2D eigenvalue weighted by atomic mass is 35.5. The van der Waals surface area contributed by atoms with Gasteiger partial charge in [-0.05, 0) is 102 Å². The van der Waals surface area contributed by atoms with Crippen LogP contribution in [0.1, 0.15) is 89.4 Å². The normalized spacial score (nSPS) is 10.9. The van der Waals surface area contributed by atoms with E-state index in [2.05, 4.69) is 43.2 Å². The van der Waals surface area contributed by atoms with Crippen molar-refractivity contribution in [1.29, 1.82) is 0 Å². The van der Waals surface area contributed by atoms with Gasteiger partial charge in [0.05, 0.1) is 36.3 Å². The van der Waals surface area contributed by atoms with Gasteiger partial charge in [0.25, 0.3) is 5.91 Å². The number of hydrogen-bond donors (Lipinski definition) is 2. The van der Waals surface area contributed by atoms with Crippen molar-refractivity contribution >= 4 is 59.4 Å². The van der Waals surface area contributed by atoms with Crippen LogP contribution in [0.15, 0.2) is 48.5 Å². The smallest absolute Gasteiger partial charge is 0.356 e. The molecular weight excluding hydrogens is 729 g/mol. The van der Waals surface area contributed by atoms with E-state index in [0.717, 1.165) is 83.5 Å².